The number of benzene rings is 1. The molecule has 0 fully saturated rings. The third-order valence-corrected chi connectivity index (χ3v) is 3.01. The molecule has 0 spiro atoms. The molecule has 0 radical (unpaired) electrons. The van der Waals surface area contributed by atoms with Gasteiger partial charge in [-0.3, -0.25) is 0 Å². The van der Waals surface area contributed by atoms with E-state index in [2.05, 4.69) is 4.98 Å². The van der Waals surface area contributed by atoms with Gasteiger partial charge in [0, 0.05) is 17.3 Å². The Hall–Kier alpha value is -1.58. The van der Waals surface area contributed by atoms with Crippen LogP contribution >= 0.6 is 11.6 Å². The average Bonchev–Trinajstić information content (AvgIpc) is 2.32. The topological polar surface area (TPSA) is 64.9 Å². The molecule has 1 unspecified atom stereocenters. The normalized spacial score (nSPS) is 12.3. The van der Waals surface area contributed by atoms with Crippen LogP contribution in [0.1, 0.15) is 11.1 Å². The van der Waals surface area contributed by atoms with Crippen LogP contribution in [0.4, 0.5) is 5.82 Å². The maximum atomic E-state index is 6.13. The number of hydrogen-bond donors (Lipinski definition) is 2. The van der Waals surface area contributed by atoms with E-state index in [1.165, 1.54) is 5.56 Å². The summed E-state index contributed by atoms with van der Waals surface area (Å²) < 4.78 is 0. The van der Waals surface area contributed by atoms with Crippen molar-refractivity contribution in [2.75, 3.05) is 5.73 Å². The van der Waals surface area contributed by atoms with Gasteiger partial charge in [0.15, 0.2) is 0 Å². The van der Waals surface area contributed by atoms with Crippen molar-refractivity contribution in [1.82, 2.24) is 4.98 Å². The van der Waals surface area contributed by atoms with Gasteiger partial charge in [0.25, 0.3) is 0 Å². The molecule has 0 saturated carbocycles. The van der Waals surface area contributed by atoms with E-state index in [4.69, 9.17) is 23.1 Å². The van der Waals surface area contributed by atoms with Gasteiger partial charge in [0.1, 0.15) is 5.82 Å². The van der Waals surface area contributed by atoms with Crippen LogP contribution in [0.2, 0.25) is 5.02 Å². The molecule has 94 valence electrons. The maximum absolute atomic E-state index is 6.13. The number of hydrogen-bond acceptors (Lipinski definition) is 3. The van der Waals surface area contributed by atoms with Crippen LogP contribution in [0.15, 0.2) is 42.6 Å². The number of nitrogens with two attached hydrogens (primary N) is 2. The molecule has 2 rings (SSSR count). The van der Waals surface area contributed by atoms with Gasteiger partial charge in [-0.1, -0.05) is 23.7 Å². The summed E-state index contributed by atoms with van der Waals surface area (Å²) in [7, 11) is 0. The molecule has 0 saturated heterocycles. The van der Waals surface area contributed by atoms with Crippen molar-refractivity contribution in [3.63, 3.8) is 0 Å². The summed E-state index contributed by atoms with van der Waals surface area (Å²) in [6.07, 6.45) is 3.31. The molecule has 1 atom stereocenters. The molecule has 3 nitrogen and oxygen atoms in total. The second kappa shape index (κ2) is 5.85. The SMILES string of the molecule is Nc1cc(CC(N)Cc2ccc(Cl)cc2)ccn1. The van der Waals surface area contributed by atoms with E-state index < -0.39 is 0 Å². The molecule has 18 heavy (non-hydrogen) atoms. The lowest BCUT2D eigenvalue weighted by Gasteiger charge is -2.12. The fourth-order valence-electron chi connectivity index (χ4n) is 1.92. The van der Waals surface area contributed by atoms with E-state index in [1.807, 2.05) is 36.4 Å². The van der Waals surface area contributed by atoms with E-state index in [0.717, 1.165) is 23.4 Å². The first kappa shape index (κ1) is 12.9. The molecule has 1 aromatic heterocycles. The van der Waals surface area contributed by atoms with Crippen molar-refractivity contribution in [3.05, 3.63) is 58.7 Å². The number of aromatic nitrogens is 1. The predicted octanol–water partition coefficient (Wildman–Crippen LogP) is 2.43. The van der Waals surface area contributed by atoms with Crippen LogP contribution in [-0.2, 0) is 12.8 Å². The Morgan fingerprint density at radius 1 is 1.06 bits per heavy atom. The van der Waals surface area contributed by atoms with Crippen molar-refractivity contribution in [2.45, 2.75) is 18.9 Å². The largest absolute Gasteiger partial charge is 0.384 e. The summed E-state index contributed by atoms with van der Waals surface area (Å²) in [6, 6.07) is 11.6. The lowest BCUT2D eigenvalue weighted by atomic mass is 10.0. The fourth-order valence-corrected chi connectivity index (χ4v) is 2.05. The van der Waals surface area contributed by atoms with Crippen LogP contribution in [-0.4, -0.2) is 11.0 Å². The summed E-state index contributed by atoms with van der Waals surface area (Å²) in [5.74, 6) is 0.534. The average molecular weight is 262 g/mol. The van der Waals surface area contributed by atoms with Crippen LogP contribution in [0.5, 0.6) is 0 Å². The minimum atomic E-state index is 0.0629. The predicted molar refractivity (Wildman–Crippen MR) is 75.5 cm³/mol. The van der Waals surface area contributed by atoms with E-state index in [1.54, 1.807) is 6.20 Å². The highest BCUT2D eigenvalue weighted by molar-refractivity contribution is 6.30. The summed E-state index contributed by atoms with van der Waals surface area (Å²) >= 11 is 5.84. The van der Waals surface area contributed by atoms with Gasteiger partial charge in [-0.05, 0) is 48.2 Å². The highest BCUT2D eigenvalue weighted by atomic mass is 35.5. The monoisotopic (exact) mass is 261 g/mol. The second-order valence-corrected chi connectivity index (χ2v) is 4.82. The second-order valence-electron chi connectivity index (χ2n) is 4.38. The summed E-state index contributed by atoms with van der Waals surface area (Å²) in [5.41, 5.74) is 14.1. The van der Waals surface area contributed by atoms with Crippen molar-refractivity contribution in [3.8, 4) is 0 Å². The lowest BCUT2D eigenvalue weighted by molar-refractivity contribution is 0.664. The van der Waals surface area contributed by atoms with Gasteiger partial charge < -0.3 is 11.5 Å². The van der Waals surface area contributed by atoms with Crippen LogP contribution < -0.4 is 11.5 Å². The van der Waals surface area contributed by atoms with Crippen LogP contribution in [0.3, 0.4) is 0 Å². The Morgan fingerprint density at radius 3 is 2.39 bits per heavy atom. The summed E-state index contributed by atoms with van der Waals surface area (Å²) in [5, 5.41) is 0.745. The molecule has 0 aliphatic rings. The number of rotatable bonds is 4. The van der Waals surface area contributed by atoms with Gasteiger partial charge in [0.05, 0.1) is 0 Å². The summed E-state index contributed by atoms with van der Waals surface area (Å²) in [4.78, 5) is 3.96. The Balaban J connectivity index is 1.96. The fraction of sp³-hybridized carbons (Fsp3) is 0.214. The number of pyridine rings is 1. The standard InChI is InChI=1S/C14H16ClN3/c15-12-3-1-10(2-4-12)7-13(16)8-11-5-6-18-14(17)9-11/h1-6,9,13H,7-8,16H2,(H2,17,18). The molecular formula is C14H16ClN3. The van der Waals surface area contributed by atoms with Gasteiger partial charge in [-0.2, -0.15) is 0 Å². The quantitative estimate of drug-likeness (QED) is 0.888. The molecule has 0 amide bonds. The first-order chi connectivity index (χ1) is 8.63. The van der Waals surface area contributed by atoms with Gasteiger partial charge in [-0.25, -0.2) is 4.98 Å². The highest BCUT2D eigenvalue weighted by Gasteiger charge is 2.06. The molecule has 4 heteroatoms. The van der Waals surface area contributed by atoms with Crippen molar-refractivity contribution in [1.29, 1.82) is 0 Å². The smallest absolute Gasteiger partial charge is 0.123 e. The number of anilines is 1. The Labute approximate surface area is 112 Å². The zero-order chi connectivity index (χ0) is 13.0. The van der Waals surface area contributed by atoms with Gasteiger partial charge in [-0.15, -0.1) is 0 Å². The molecule has 1 aromatic carbocycles. The van der Waals surface area contributed by atoms with Gasteiger partial charge >= 0.3 is 0 Å². The highest BCUT2D eigenvalue weighted by Crippen LogP contribution is 2.12. The minimum Gasteiger partial charge on any atom is -0.384 e. The number of halogens is 1. The zero-order valence-corrected chi connectivity index (χ0v) is 10.8. The molecule has 4 N–H and O–H groups in total. The Bertz CT molecular complexity index is 511. The Morgan fingerprint density at radius 2 is 1.72 bits per heavy atom. The first-order valence-corrected chi connectivity index (χ1v) is 6.22. The van der Waals surface area contributed by atoms with E-state index in [-0.39, 0.29) is 6.04 Å². The van der Waals surface area contributed by atoms with E-state index in [9.17, 15) is 0 Å². The lowest BCUT2D eigenvalue weighted by Crippen LogP contribution is -2.25. The maximum Gasteiger partial charge on any atom is 0.123 e. The third-order valence-electron chi connectivity index (χ3n) is 2.75. The molecule has 0 aliphatic heterocycles. The van der Waals surface area contributed by atoms with Crippen molar-refractivity contribution >= 4 is 17.4 Å². The third kappa shape index (κ3) is 3.72. The molecule has 2 aromatic rings. The first-order valence-electron chi connectivity index (χ1n) is 5.84. The molecular weight excluding hydrogens is 246 g/mol. The zero-order valence-electron chi connectivity index (χ0n) is 10.0. The molecule has 0 bridgehead atoms. The number of nitrogens with zero attached hydrogens (tertiary/aromatic N) is 1. The minimum absolute atomic E-state index is 0.0629. The van der Waals surface area contributed by atoms with Gasteiger partial charge in [0.2, 0.25) is 0 Å². The van der Waals surface area contributed by atoms with Crippen molar-refractivity contribution in [2.24, 2.45) is 5.73 Å². The number of nitrogen functional groups attached to an aromatic ring is 1. The van der Waals surface area contributed by atoms with E-state index in [0.29, 0.717) is 5.82 Å². The molecule has 1 heterocycles. The van der Waals surface area contributed by atoms with E-state index >= 15 is 0 Å². The summed E-state index contributed by atoms with van der Waals surface area (Å²) in [6.45, 7) is 0. The van der Waals surface area contributed by atoms with Crippen molar-refractivity contribution < 1.29 is 0 Å². The Kier molecular flexibility index (Phi) is 4.18. The van der Waals surface area contributed by atoms with Crippen LogP contribution in [0.25, 0.3) is 0 Å². The van der Waals surface area contributed by atoms with Crippen LogP contribution in [0, 0.1) is 0 Å². The molecule has 0 aliphatic carbocycles.